The molecule has 1 aliphatic heterocycles. The number of amides is 2. The van der Waals surface area contributed by atoms with Crippen molar-refractivity contribution < 1.29 is 18.8 Å². The number of nitrogens with one attached hydrogen (secondary N) is 1. The SMILES string of the molecule is Cc1cc(CN(C)C(=O)N[C@H](C)c2ccc3c(c2)OCCCO3)no1. The van der Waals surface area contributed by atoms with Crippen LogP contribution in [0.1, 0.15) is 36.4 Å². The summed E-state index contributed by atoms with van der Waals surface area (Å²) in [5.74, 6) is 2.20. The van der Waals surface area contributed by atoms with Crippen LogP contribution in [-0.2, 0) is 6.54 Å². The molecule has 7 heteroatoms. The molecular formula is C18H23N3O4. The van der Waals surface area contributed by atoms with Gasteiger partial charge in [0.05, 0.1) is 25.8 Å². The Balaban J connectivity index is 1.62. The Kier molecular flexibility index (Phi) is 5.11. The number of fused-ring (bicyclic) bond motifs is 1. The minimum absolute atomic E-state index is 0.161. The number of urea groups is 1. The molecule has 134 valence electrons. The van der Waals surface area contributed by atoms with Crippen LogP contribution in [-0.4, -0.2) is 36.3 Å². The van der Waals surface area contributed by atoms with Crippen molar-refractivity contribution in [1.29, 1.82) is 0 Å². The molecule has 2 amide bonds. The van der Waals surface area contributed by atoms with Crippen LogP contribution in [0, 0.1) is 6.92 Å². The molecule has 7 nitrogen and oxygen atoms in total. The lowest BCUT2D eigenvalue weighted by Gasteiger charge is -2.21. The second kappa shape index (κ2) is 7.46. The zero-order chi connectivity index (χ0) is 17.8. The third kappa shape index (κ3) is 4.23. The molecule has 2 heterocycles. The summed E-state index contributed by atoms with van der Waals surface area (Å²) in [4.78, 5) is 13.9. The number of rotatable bonds is 4. The van der Waals surface area contributed by atoms with E-state index in [9.17, 15) is 4.79 Å². The van der Waals surface area contributed by atoms with Crippen LogP contribution in [0.5, 0.6) is 11.5 Å². The zero-order valence-corrected chi connectivity index (χ0v) is 14.7. The molecule has 1 atom stereocenters. The molecule has 1 aromatic carbocycles. The highest BCUT2D eigenvalue weighted by Gasteiger charge is 2.17. The van der Waals surface area contributed by atoms with E-state index in [0.717, 1.165) is 34.9 Å². The number of nitrogens with zero attached hydrogens (tertiary/aromatic N) is 2. The fourth-order valence-corrected chi connectivity index (χ4v) is 2.64. The molecule has 0 spiro atoms. The lowest BCUT2D eigenvalue weighted by atomic mass is 10.1. The Hall–Kier alpha value is -2.70. The first kappa shape index (κ1) is 17.1. The first-order valence-corrected chi connectivity index (χ1v) is 8.36. The van der Waals surface area contributed by atoms with E-state index in [4.69, 9.17) is 14.0 Å². The number of carbonyl (C=O) groups excluding carboxylic acids is 1. The quantitative estimate of drug-likeness (QED) is 0.921. The average Bonchev–Trinajstić information content (AvgIpc) is 2.86. The van der Waals surface area contributed by atoms with E-state index in [1.807, 2.05) is 38.1 Å². The second-order valence-electron chi connectivity index (χ2n) is 6.21. The van der Waals surface area contributed by atoms with Crippen molar-refractivity contribution in [3.05, 3.63) is 41.3 Å². The molecular weight excluding hydrogens is 322 g/mol. The van der Waals surface area contributed by atoms with Gasteiger partial charge in [-0.1, -0.05) is 11.2 Å². The van der Waals surface area contributed by atoms with E-state index >= 15 is 0 Å². The summed E-state index contributed by atoms with van der Waals surface area (Å²) in [6.45, 7) is 5.44. The van der Waals surface area contributed by atoms with Gasteiger partial charge in [0.15, 0.2) is 11.5 Å². The summed E-state index contributed by atoms with van der Waals surface area (Å²) in [7, 11) is 1.72. The van der Waals surface area contributed by atoms with Gasteiger partial charge in [0.1, 0.15) is 11.5 Å². The summed E-state index contributed by atoms with van der Waals surface area (Å²) in [6.07, 6.45) is 0.864. The van der Waals surface area contributed by atoms with E-state index in [1.54, 1.807) is 11.9 Å². The van der Waals surface area contributed by atoms with Crippen LogP contribution in [0.3, 0.4) is 0 Å². The summed E-state index contributed by atoms with van der Waals surface area (Å²) in [6, 6.07) is 7.23. The molecule has 25 heavy (non-hydrogen) atoms. The largest absolute Gasteiger partial charge is 0.490 e. The number of hydrogen-bond acceptors (Lipinski definition) is 5. The van der Waals surface area contributed by atoms with Gasteiger partial charge >= 0.3 is 6.03 Å². The third-order valence-electron chi connectivity index (χ3n) is 4.03. The number of aryl methyl sites for hydroxylation is 1. The molecule has 0 radical (unpaired) electrons. The van der Waals surface area contributed by atoms with Gasteiger partial charge in [-0.3, -0.25) is 0 Å². The standard InChI is InChI=1S/C18H23N3O4/c1-12-9-15(20-25-12)11-21(3)18(22)19-13(2)14-5-6-16-17(10-14)24-8-4-7-23-16/h5-6,9-10,13H,4,7-8,11H2,1-3H3,(H,19,22)/t13-/m1/s1. The van der Waals surface area contributed by atoms with Crippen LogP contribution in [0.4, 0.5) is 4.79 Å². The lowest BCUT2D eigenvalue weighted by Crippen LogP contribution is -2.38. The van der Waals surface area contributed by atoms with Gasteiger partial charge in [0, 0.05) is 19.5 Å². The van der Waals surface area contributed by atoms with Crippen molar-refractivity contribution in [1.82, 2.24) is 15.4 Å². The molecule has 0 saturated heterocycles. The maximum atomic E-state index is 12.4. The first-order valence-electron chi connectivity index (χ1n) is 8.36. The molecule has 0 saturated carbocycles. The Morgan fingerprint density at radius 1 is 1.28 bits per heavy atom. The fourth-order valence-electron chi connectivity index (χ4n) is 2.64. The van der Waals surface area contributed by atoms with Crippen LogP contribution >= 0.6 is 0 Å². The maximum Gasteiger partial charge on any atom is 0.317 e. The normalized spacial score (nSPS) is 14.5. The van der Waals surface area contributed by atoms with Gasteiger partial charge in [0.2, 0.25) is 0 Å². The predicted molar refractivity (Wildman–Crippen MR) is 91.7 cm³/mol. The molecule has 0 fully saturated rings. The van der Waals surface area contributed by atoms with Crippen molar-refractivity contribution in [3.8, 4) is 11.5 Å². The highest BCUT2D eigenvalue weighted by molar-refractivity contribution is 5.74. The summed E-state index contributed by atoms with van der Waals surface area (Å²) in [5, 5.41) is 6.88. The number of ether oxygens (including phenoxy) is 2. The molecule has 2 aromatic rings. The smallest absolute Gasteiger partial charge is 0.317 e. The predicted octanol–water partition coefficient (Wildman–Crippen LogP) is 3.05. The van der Waals surface area contributed by atoms with Crippen LogP contribution in [0.2, 0.25) is 0 Å². The van der Waals surface area contributed by atoms with E-state index in [-0.39, 0.29) is 12.1 Å². The van der Waals surface area contributed by atoms with E-state index in [0.29, 0.717) is 19.8 Å². The first-order chi connectivity index (χ1) is 12.0. The number of carbonyl (C=O) groups is 1. The van der Waals surface area contributed by atoms with Crippen molar-refractivity contribution in [3.63, 3.8) is 0 Å². The second-order valence-corrected chi connectivity index (χ2v) is 6.21. The number of benzene rings is 1. The Morgan fingerprint density at radius 2 is 2.04 bits per heavy atom. The molecule has 0 aliphatic carbocycles. The monoisotopic (exact) mass is 345 g/mol. The minimum Gasteiger partial charge on any atom is -0.490 e. The van der Waals surface area contributed by atoms with E-state index < -0.39 is 0 Å². The summed E-state index contributed by atoms with van der Waals surface area (Å²) < 4.78 is 16.4. The van der Waals surface area contributed by atoms with E-state index in [2.05, 4.69) is 10.5 Å². The maximum absolute atomic E-state index is 12.4. The number of aromatic nitrogens is 1. The molecule has 1 aromatic heterocycles. The van der Waals surface area contributed by atoms with Crippen LogP contribution < -0.4 is 14.8 Å². The Labute approximate surface area is 146 Å². The molecule has 1 N–H and O–H groups in total. The minimum atomic E-state index is -0.180. The molecule has 0 bridgehead atoms. The van der Waals surface area contributed by atoms with Crippen molar-refractivity contribution in [2.45, 2.75) is 32.9 Å². The van der Waals surface area contributed by atoms with Gasteiger partial charge in [-0.15, -0.1) is 0 Å². The van der Waals surface area contributed by atoms with Crippen LogP contribution in [0.15, 0.2) is 28.8 Å². The van der Waals surface area contributed by atoms with Crippen molar-refractivity contribution >= 4 is 6.03 Å². The average molecular weight is 345 g/mol. The summed E-state index contributed by atoms with van der Waals surface area (Å²) in [5.41, 5.74) is 1.68. The third-order valence-corrected chi connectivity index (χ3v) is 4.03. The van der Waals surface area contributed by atoms with Gasteiger partial charge in [0.25, 0.3) is 0 Å². The van der Waals surface area contributed by atoms with Gasteiger partial charge in [-0.25, -0.2) is 4.79 Å². The summed E-state index contributed by atoms with van der Waals surface area (Å²) >= 11 is 0. The topological polar surface area (TPSA) is 76.8 Å². The fraction of sp³-hybridized carbons (Fsp3) is 0.444. The highest BCUT2D eigenvalue weighted by atomic mass is 16.5. The number of hydrogen-bond donors (Lipinski definition) is 1. The Bertz CT molecular complexity index is 744. The zero-order valence-electron chi connectivity index (χ0n) is 14.7. The lowest BCUT2D eigenvalue weighted by molar-refractivity contribution is 0.202. The Morgan fingerprint density at radius 3 is 2.76 bits per heavy atom. The molecule has 3 rings (SSSR count). The van der Waals surface area contributed by atoms with E-state index in [1.165, 1.54) is 0 Å². The highest BCUT2D eigenvalue weighted by Crippen LogP contribution is 2.32. The molecule has 1 aliphatic rings. The van der Waals surface area contributed by atoms with Crippen molar-refractivity contribution in [2.75, 3.05) is 20.3 Å². The van der Waals surface area contributed by atoms with Gasteiger partial charge < -0.3 is 24.2 Å². The van der Waals surface area contributed by atoms with Crippen molar-refractivity contribution in [2.24, 2.45) is 0 Å². The van der Waals surface area contributed by atoms with Crippen LogP contribution in [0.25, 0.3) is 0 Å². The molecule has 0 unspecified atom stereocenters. The van der Waals surface area contributed by atoms with Gasteiger partial charge in [-0.2, -0.15) is 0 Å². The van der Waals surface area contributed by atoms with Gasteiger partial charge in [-0.05, 0) is 31.5 Å².